The number of fused-ring (bicyclic) bond motifs is 1. The molecule has 2 N–H and O–H groups in total. The number of carbonyl (C=O) groups excluding carboxylic acids is 2. The molecular formula is C26H24FN3O3S2. The molecule has 180 valence electrons. The van der Waals surface area contributed by atoms with Crippen LogP contribution in [0.25, 0.3) is 10.2 Å². The highest BCUT2D eigenvalue weighted by molar-refractivity contribution is 8.01. The molecule has 0 aliphatic carbocycles. The van der Waals surface area contributed by atoms with Gasteiger partial charge in [0.15, 0.2) is 4.34 Å². The second-order valence-corrected chi connectivity index (χ2v) is 9.91. The van der Waals surface area contributed by atoms with Gasteiger partial charge in [0.1, 0.15) is 11.6 Å². The summed E-state index contributed by atoms with van der Waals surface area (Å²) in [6, 6.07) is 18.6. The van der Waals surface area contributed by atoms with Gasteiger partial charge in [0, 0.05) is 11.3 Å². The van der Waals surface area contributed by atoms with Crippen LogP contribution in [-0.2, 0) is 4.79 Å². The van der Waals surface area contributed by atoms with E-state index in [4.69, 9.17) is 4.74 Å². The number of anilines is 2. The molecule has 0 fully saturated rings. The van der Waals surface area contributed by atoms with Crippen LogP contribution in [0.15, 0.2) is 71.1 Å². The number of nitrogens with one attached hydrogen (secondary N) is 2. The van der Waals surface area contributed by atoms with Gasteiger partial charge in [-0.3, -0.25) is 9.59 Å². The summed E-state index contributed by atoms with van der Waals surface area (Å²) in [5, 5.41) is 5.47. The molecule has 3 aromatic carbocycles. The summed E-state index contributed by atoms with van der Waals surface area (Å²) < 4.78 is 20.9. The summed E-state index contributed by atoms with van der Waals surface area (Å²) in [6.07, 6.45) is 2.05. The van der Waals surface area contributed by atoms with E-state index in [-0.39, 0.29) is 23.3 Å². The first-order valence-electron chi connectivity index (χ1n) is 11.1. The number of aromatic nitrogens is 1. The predicted octanol–water partition coefficient (Wildman–Crippen LogP) is 6.60. The zero-order chi connectivity index (χ0) is 24.6. The Morgan fingerprint density at radius 2 is 1.86 bits per heavy atom. The van der Waals surface area contributed by atoms with Gasteiger partial charge >= 0.3 is 0 Å². The second kappa shape index (κ2) is 11.8. The van der Waals surface area contributed by atoms with Crippen molar-refractivity contribution in [2.75, 3.05) is 23.0 Å². The molecule has 6 nitrogen and oxygen atoms in total. The SMILES string of the molecule is CCCCOc1ccc(C(=O)Nc2ccc3nc(SCC(=O)Nc4ccccc4F)sc3c2)cc1. The van der Waals surface area contributed by atoms with E-state index in [1.165, 1.54) is 35.2 Å². The third-order valence-electron chi connectivity index (χ3n) is 4.98. The highest BCUT2D eigenvalue weighted by Crippen LogP contribution is 2.31. The number of rotatable bonds is 10. The number of unbranched alkanes of at least 4 members (excludes halogenated alkanes) is 1. The van der Waals surface area contributed by atoms with E-state index in [9.17, 15) is 14.0 Å². The zero-order valence-electron chi connectivity index (χ0n) is 19.0. The van der Waals surface area contributed by atoms with Gasteiger partial charge in [-0.1, -0.05) is 37.2 Å². The lowest BCUT2D eigenvalue weighted by atomic mass is 10.2. The van der Waals surface area contributed by atoms with Gasteiger partial charge in [-0.05, 0) is 61.0 Å². The molecule has 0 spiro atoms. The molecule has 9 heteroatoms. The maximum Gasteiger partial charge on any atom is 0.255 e. The van der Waals surface area contributed by atoms with E-state index >= 15 is 0 Å². The average Bonchev–Trinajstić information content (AvgIpc) is 3.27. The van der Waals surface area contributed by atoms with E-state index in [1.807, 2.05) is 12.1 Å². The van der Waals surface area contributed by atoms with Gasteiger partial charge in [0.2, 0.25) is 5.91 Å². The first-order chi connectivity index (χ1) is 17.0. The maximum atomic E-state index is 13.7. The van der Waals surface area contributed by atoms with Gasteiger partial charge in [-0.25, -0.2) is 9.37 Å². The topological polar surface area (TPSA) is 80.3 Å². The number of thioether (sulfide) groups is 1. The molecule has 0 saturated carbocycles. The van der Waals surface area contributed by atoms with Crippen molar-refractivity contribution in [3.63, 3.8) is 0 Å². The van der Waals surface area contributed by atoms with Gasteiger partial charge in [0.05, 0.1) is 28.3 Å². The fraction of sp³-hybridized carbons (Fsp3) is 0.192. The number of hydrogen-bond donors (Lipinski definition) is 2. The number of para-hydroxylation sites is 1. The zero-order valence-corrected chi connectivity index (χ0v) is 20.7. The van der Waals surface area contributed by atoms with Crippen LogP contribution in [0.5, 0.6) is 5.75 Å². The molecule has 35 heavy (non-hydrogen) atoms. The molecule has 0 radical (unpaired) electrons. The maximum absolute atomic E-state index is 13.7. The number of amides is 2. The number of ether oxygens (including phenoxy) is 1. The quantitative estimate of drug-likeness (QED) is 0.186. The Hall–Kier alpha value is -3.43. The van der Waals surface area contributed by atoms with Gasteiger partial charge in [-0.15, -0.1) is 11.3 Å². The number of hydrogen-bond acceptors (Lipinski definition) is 6. The largest absolute Gasteiger partial charge is 0.494 e. The third-order valence-corrected chi connectivity index (χ3v) is 7.15. The van der Waals surface area contributed by atoms with Crippen molar-refractivity contribution in [1.29, 1.82) is 0 Å². The summed E-state index contributed by atoms with van der Waals surface area (Å²) in [5.74, 6) is -0.150. The van der Waals surface area contributed by atoms with Crippen molar-refractivity contribution in [3.8, 4) is 5.75 Å². The summed E-state index contributed by atoms with van der Waals surface area (Å²) in [6.45, 7) is 2.77. The van der Waals surface area contributed by atoms with Gasteiger partial charge in [0.25, 0.3) is 5.91 Å². The van der Waals surface area contributed by atoms with E-state index in [0.717, 1.165) is 28.8 Å². The molecule has 4 aromatic rings. The van der Waals surface area contributed by atoms with Gasteiger partial charge < -0.3 is 15.4 Å². The molecule has 0 saturated heterocycles. The van der Waals surface area contributed by atoms with Crippen LogP contribution in [0.3, 0.4) is 0 Å². The highest BCUT2D eigenvalue weighted by Gasteiger charge is 2.12. The van der Waals surface area contributed by atoms with Crippen molar-refractivity contribution in [2.24, 2.45) is 0 Å². The number of carbonyl (C=O) groups is 2. The predicted molar refractivity (Wildman–Crippen MR) is 140 cm³/mol. The summed E-state index contributed by atoms with van der Waals surface area (Å²) in [4.78, 5) is 29.3. The molecule has 0 aliphatic heterocycles. The number of benzene rings is 3. The average molecular weight is 510 g/mol. The van der Waals surface area contributed by atoms with Crippen molar-refractivity contribution in [1.82, 2.24) is 4.98 Å². The van der Waals surface area contributed by atoms with E-state index in [2.05, 4.69) is 22.5 Å². The Balaban J connectivity index is 1.34. The van der Waals surface area contributed by atoms with Crippen LogP contribution in [0, 0.1) is 5.82 Å². The van der Waals surface area contributed by atoms with Crippen LogP contribution >= 0.6 is 23.1 Å². The minimum Gasteiger partial charge on any atom is -0.494 e. The second-order valence-electron chi connectivity index (χ2n) is 7.66. The van der Waals surface area contributed by atoms with Crippen molar-refractivity contribution < 1.29 is 18.7 Å². The first kappa shape index (κ1) is 24.7. The minimum absolute atomic E-state index is 0.107. The summed E-state index contributed by atoms with van der Waals surface area (Å²) >= 11 is 2.70. The number of thiazole rings is 1. The lowest BCUT2D eigenvalue weighted by molar-refractivity contribution is -0.113. The normalized spacial score (nSPS) is 10.8. The fourth-order valence-electron chi connectivity index (χ4n) is 3.16. The molecule has 4 rings (SSSR count). The van der Waals surface area contributed by atoms with E-state index < -0.39 is 5.82 Å². The van der Waals surface area contributed by atoms with Crippen LogP contribution in [0.2, 0.25) is 0 Å². The Morgan fingerprint density at radius 3 is 2.63 bits per heavy atom. The Bertz CT molecular complexity index is 1330. The molecule has 0 atom stereocenters. The van der Waals surface area contributed by atoms with E-state index in [1.54, 1.807) is 42.5 Å². The standard InChI is InChI=1S/C26H24FN3O3S2/c1-2-3-14-33-19-11-8-17(9-12-19)25(32)28-18-10-13-22-23(15-18)35-26(30-22)34-16-24(31)29-21-7-5-4-6-20(21)27/h4-13,15H,2-3,14,16H2,1H3,(H,28,32)(H,29,31). The van der Waals surface area contributed by atoms with Crippen LogP contribution in [0.4, 0.5) is 15.8 Å². The minimum atomic E-state index is -0.475. The Kier molecular flexibility index (Phi) is 8.33. The van der Waals surface area contributed by atoms with Crippen molar-refractivity contribution >= 4 is 56.5 Å². The number of halogens is 1. The number of nitrogens with zero attached hydrogens (tertiary/aromatic N) is 1. The fourth-order valence-corrected chi connectivity index (χ4v) is 5.07. The Morgan fingerprint density at radius 1 is 1.06 bits per heavy atom. The summed E-state index contributed by atoms with van der Waals surface area (Å²) in [5.41, 5.74) is 2.12. The smallest absolute Gasteiger partial charge is 0.255 e. The molecule has 0 bridgehead atoms. The summed E-state index contributed by atoms with van der Waals surface area (Å²) in [7, 11) is 0. The molecule has 0 aliphatic rings. The highest BCUT2D eigenvalue weighted by atomic mass is 32.2. The molecule has 1 aromatic heterocycles. The van der Waals surface area contributed by atoms with Crippen LogP contribution in [-0.4, -0.2) is 29.2 Å². The monoisotopic (exact) mass is 509 g/mol. The Labute approximate surface area is 210 Å². The van der Waals surface area contributed by atoms with Crippen molar-refractivity contribution in [2.45, 2.75) is 24.1 Å². The van der Waals surface area contributed by atoms with Crippen LogP contribution in [0.1, 0.15) is 30.1 Å². The lowest BCUT2D eigenvalue weighted by Crippen LogP contribution is -2.14. The van der Waals surface area contributed by atoms with Crippen molar-refractivity contribution in [3.05, 3.63) is 78.1 Å². The van der Waals surface area contributed by atoms with Gasteiger partial charge in [-0.2, -0.15) is 0 Å². The third kappa shape index (κ3) is 6.80. The first-order valence-corrected chi connectivity index (χ1v) is 12.9. The van der Waals surface area contributed by atoms with E-state index in [0.29, 0.717) is 22.2 Å². The van der Waals surface area contributed by atoms with Crippen LogP contribution < -0.4 is 15.4 Å². The molecule has 0 unspecified atom stereocenters. The molecule has 2 amide bonds. The molecule has 1 heterocycles. The molecular weight excluding hydrogens is 485 g/mol. The lowest BCUT2D eigenvalue weighted by Gasteiger charge is -2.07.